The summed E-state index contributed by atoms with van der Waals surface area (Å²) in [5.74, 6) is -0.645. The number of hydrogen-bond donors (Lipinski definition) is 0. The van der Waals surface area contributed by atoms with Gasteiger partial charge in [-0.2, -0.15) is 0 Å². The standard InChI is InChI=1S/C15H19NO5S2/c1-10-4-6-22-14(10)15(18)21-8-13(17)16(11-2-3-11)12-5-7-23(19,20)9-12/h4,6,11-12H,2-3,5,7-9H2,1H3. The van der Waals surface area contributed by atoms with Crippen LogP contribution in [0.25, 0.3) is 0 Å². The highest BCUT2D eigenvalue weighted by atomic mass is 32.2. The van der Waals surface area contributed by atoms with Crippen molar-refractivity contribution >= 4 is 33.1 Å². The van der Waals surface area contributed by atoms with Gasteiger partial charge in [0.15, 0.2) is 16.4 Å². The second-order valence-corrected chi connectivity index (χ2v) is 9.24. The molecule has 3 rings (SSSR count). The van der Waals surface area contributed by atoms with Crippen LogP contribution in [0.2, 0.25) is 0 Å². The molecule has 0 aromatic carbocycles. The van der Waals surface area contributed by atoms with Crippen LogP contribution >= 0.6 is 11.3 Å². The Balaban J connectivity index is 1.61. The average Bonchev–Trinajstić information content (AvgIpc) is 3.12. The molecule has 126 valence electrons. The smallest absolute Gasteiger partial charge is 0.349 e. The number of rotatable bonds is 5. The lowest BCUT2D eigenvalue weighted by Crippen LogP contribution is -2.44. The fourth-order valence-corrected chi connectivity index (χ4v) is 5.43. The van der Waals surface area contributed by atoms with E-state index in [1.54, 1.807) is 10.3 Å². The highest BCUT2D eigenvalue weighted by Crippen LogP contribution is 2.32. The van der Waals surface area contributed by atoms with Crippen molar-refractivity contribution in [2.75, 3.05) is 18.1 Å². The highest BCUT2D eigenvalue weighted by molar-refractivity contribution is 7.91. The number of thiophene rings is 1. The molecule has 0 N–H and O–H groups in total. The molecule has 0 radical (unpaired) electrons. The fourth-order valence-electron chi connectivity index (χ4n) is 2.90. The van der Waals surface area contributed by atoms with Gasteiger partial charge in [0.2, 0.25) is 0 Å². The molecule has 2 fully saturated rings. The van der Waals surface area contributed by atoms with Crippen molar-refractivity contribution < 1.29 is 22.7 Å². The Morgan fingerprint density at radius 3 is 2.57 bits per heavy atom. The lowest BCUT2D eigenvalue weighted by atomic mass is 10.2. The minimum absolute atomic E-state index is 0.0211. The predicted octanol–water partition coefficient (Wildman–Crippen LogP) is 1.39. The van der Waals surface area contributed by atoms with E-state index in [1.807, 2.05) is 13.0 Å². The van der Waals surface area contributed by atoms with Crippen LogP contribution < -0.4 is 0 Å². The van der Waals surface area contributed by atoms with Crippen molar-refractivity contribution in [2.24, 2.45) is 0 Å². The minimum Gasteiger partial charge on any atom is -0.451 e. The zero-order valence-corrected chi connectivity index (χ0v) is 14.5. The molecule has 1 unspecified atom stereocenters. The zero-order chi connectivity index (χ0) is 16.6. The molecule has 23 heavy (non-hydrogen) atoms. The molecule has 1 aromatic heterocycles. The summed E-state index contributed by atoms with van der Waals surface area (Å²) in [6, 6.07) is 1.65. The van der Waals surface area contributed by atoms with Crippen LogP contribution in [-0.4, -0.2) is 55.4 Å². The fraction of sp³-hybridized carbons (Fsp3) is 0.600. The molecule has 1 aliphatic heterocycles. The number of ether oxygens (including phenoxy) is 1. The second-order valence-electron chi connectivity index (χ2n) is 6.10. The topological polar surface area (TPSA) is 80.8 Å². The molecule has 8 heteroatoms. The van der Waals surface area contributed by atoms with Crippen LogP contribution in [0.4, 0.5) is 0 Å². The first kappa shape index (κ1) is 16.4. The first-order chi connectivity index (χ1) is 10.9. The third-order valence-corrected chi connectivity index (χ3v) is 6.95. The normalized spacial score (nSPS) is 22.7. The van der Waals surface area contributed by atoms with Crippen molar-refractivity contribution in [3.63, 3.8) is 0 Å². The Bertz CT molecular complexity index is 720. The van der Waals surface area contributed by atoms with Crippen LogP contribution in [-0.2, 0) is 19.4 Å². The quantitative estimate of drug-likeness (QED) is 0.744. The summed E-state index contributed by atoms with van der Waals surface area (Å²) in [5.41, 5.74) is 0.827. The van der Waals surface area contributed by atoms with Crippen molar-refractivity contribution in [3.05, 3.63) is 21.9 Å². The van der Waals surface area contributed by atoms with Gasteiger partial charge in [0, 0.05) is 12.1 Å². The van der Waals surface area contributed by atoms with Crippen LogP contribution in [0.15, 0.2) is 11.4 Å². The molecule has 1 saturated carbocycles. The highest BCUT2D eigenvalue weighted by Gasteiger charge is 2.42. The van der Waals surface area contributed by atoms with Gasteiger partial charge < -0.3 is 9.64 Å². The molecule has 1 atom stereocenters. The van der Waals surface area contributed by atoms with Gasteiger partial charge in [0.05, 0.1) is 11.5 Å². The van der Waals surface area contributed by atoms with Crippen LogP contribution in [0, 0.1) is 6.92 Å². The Morgan fingerprint density at radius 1 is 1.30 bits per heavy atom. The predicted molar refractivity (Wildman–Crippen MR) is 86.3 cm³/mol. The molecule has 2 aliphatic rings. The van der Waals surface area contributed by atoms with Crippen LogP contribution in [0.1, 0.15) is 34.5 Å². The molecule has 1 saturated heterocycles. The van der Waals surface area contributed by atoms with E-state index in [1.165, 1.54) is 11.3 Å². The number of carbonyl (C=O) groups excluding carboxylic acids is 2. The molecule has 1 aromatic rings. The van der Waals surface area contributed by atoms with Crippen LogP contribution in [0.3, 0.4) is 0 Å². The van der Waals surface area contributed by atoms with Gasteiger partial charge in [-0.3, -0.25) is 4.79 Å². The lowest BCUT2D eigenvalue weighted by molar-refractivity contribution is -0.137. The van der Waals surface area contributed by atoms with E-state index >= 15 is 0 Å². The summed E-state index contributed by atoms with van der Waals surface area (Å²) in [7, 11) is -3.05. The number of hydrogen-bond acceptors (Lipinski definition) is 6. The summed E-state index contributed by atoms with van der Waals surface area (Å²) in [6.07, 6.45) is 2.25. The summed E-state index contributed by atoms with van der Waals surface area (Å²) in [6.45, 7) is 1.48. The number of esters is 1. The van der Waals surface area contributed by atoms with E-state index in [2.05, 4.69) is 0 Å². The zero-order valence-electron chi connectivity index (χ0n) is 12.9. The number of sulfone groups is 1. The molecule has 1 aliphatic carbocycles. The van der Waals surface area contributed by atoms with Gasteiger partial charge in [-0.05, 0) is 43.2 Å². The second kappa shape index (κ2) is 6.24. The van der Waals surface area contributed by atoms with Crippen molar-refractivity contribution in [1.29, 1.82) is 0 Å². The van der Waals surface area contributed by atoms with Crippen molar-refractivity contribution in [3.8, 4) is 0 Å². The summed E-state index contributed by atoms with van der Waals surface area (Å²) in [4.78, 5) is 26.6. The van der Waals surface area contributed by atoms with E-state index < -0.39 is 15.8 Å². The van der Waals surface area contributed by atoms with Gasteiger partial charge in [-0.15, -0.1) is 11.3 Å². The Kier molecular flexibility index (Phi) is 4.46. The van der Waals surface area contributed by atoms with Crippen LogP contribution in [0.5, 0.6) is 0 Å². The van der Waals surface area contributed by atoms with E-state index in [0.717, 1.165) is 18.4 Å². The van der Waals surface area contributed by atoms with E-state index in [4.69, 9.17) is 4.74 Å². The lowest BCUT2D eigenvalue weighted by Gasteiger charge is -2.28. The first-order valence-electron chi connectivity index (χ1n) is 7.60. The number of amides is 1. The Hall–Kier alpha value is -1.41. The summed E-state index contributed by atoms with van der Waals surface area (Å²) >= 11 is 1.28. The Labute approximate surface area is 139 Å². The third-order valence-electron chi connectivity index (χ3n) is 4.20. The van der Waals surface area contributed by atoms with E-state index in [0.29, 0.717) is 11.3 Å². The number of carbonyl (C=O) groups is 2. The summed E-state index contributed by atoms with van der Waals surface area (Å²) < 4.78 is 28.4. The maximum atomic E-state index is 12.4. The number of aryl methyl sites for hydroxylation is 1. The maximum absolute atomic E-state index is 12.4. The largest absolute Gasteiger partial charge is 0.451 e. The average molecular weight is 357 g/mol. The molecule has 2 heterocycles. The number of nitrogens with zero attached hydrogens (tertiary/aromatic N) is 1. The minimum atomic E-state index is -3.05. The monoisotopic (exact) mass is 357 g/mol. The molecule has 1 amide bonds. The molecule has 6 nitrogen and oxygen atoms in total. The molecule has 0 spiro atoms. The molecular weight excluding hydrogens is 338 g/mol. The van der Waals surface area contributed by atoms with Gasteiger partial charge >= 0.3 is 5.97 Å². The first-order valence-corrected chi connectivity index (χ1v) is 10.3. The van der Waals surface area contributed by atoms with Gasteiger partial charge in [0.25, 0.3) is 5.91 Å². The van der Waals surface area contributed by atoms with Gasteiger partial charge in [0.1, 0.15) is 4.88 Å². The van der Waals surface area contributed by atoms with E-state index in [-0.39, 0.29) is 36.1 Å². The summed E-state index contributed by atoms with van der Waals surface area (Å²) in [5, 5.41) is 1.80. The van der Waals surface area contributed by atoms with E-state index in [9.17, 15) is 18.0 Å². The third kappa shape index (κ3) is 3.74. The Morgan fingerprint density at radius 2 is 2.04 bits per heavy atom. The van der Waals surface area contributed by atoms with Crippen molar-refractivity contribution in [1.82, 2.24) is 4.90 Å². The SMILES string of the molecule is Cc1ccsc1C(=O)OCC(=O)N(C1CC1)C1CCS(=O)(=O)C1. The molecular formula is C15H19NO5S2. The van der Waals surface area contributed by atoms with Crippen molar-refractivity contribution in [2.45, 2.75) is 38.3 Å². The van der Waals surface area contributed by atoms with Gasteiger partial charge in [-0.25, -0.2) is 13.2 Å². The molecule has 0 bridgehead atoms. The maximum Gasteiger partial charge on any atom is 0.349 e. The van der Waals surface area contributed by atoms with Gasteiger partial charge in [-0.1, -0.05) is 0 Å².